The van der Waals surface area contributed by atoms with Gasteiger partial charge in [0.2, 0.25) is 0 Å². The number of carbonyl (C=O) groups excluding carboxylic acids is 3. The minimum absolute atomic E-state index is 0.0962. The minimum atomic E-state index is -0.951. The second-order valence-electron chi connectivity index (χ2n) is 17.5. The maximum absolute atomic E-state index is 13.6. The lowest BCUT2D eigenvalue weighted by molar-refractivity contribution is -0.158. The summed E-state index contributed by atoms with van der Waals surface area (Å²) in [5, 5.41) is 9.44. The van der Waals surface area contributed by atoms with E-state index in [4.69, 9.17) is 38.1 Å². The predicted molar refractivity (Wildman–Crippen MR) is 244 cm³/mol. The van der Waals surface area contributed by atoms with E-state index in [1.54, 1.807) is 67.9 Å². The third-order valence-corrected chi connectivity index (χ3v) is 9.71. The average Bonchev–Trinajstić information content (AvgIpc) is 3.24. The van der Waals surface area contributed by atoms with Crippen molar-refractivity contribution in [3.05, 3.63) is 113 Å². The zero-order valence-electron chi connectivity index (χ0n) is 39.3. The van der Waals surface area contributed by atoms with Crippen molar-refractivity contribution >= 4 is 23.9 Å². The van der Waals surface area contributed by atoms with Gasteiger partial charge in [-0.2, -0.15) is 0 Å². The fraction of sp³-hybridized carbons (Fsp3) is 0.460. The van der Waals surface area contributed by atoms with Crippen molar-refractivity contribution in [3.8, 4) is 23.0 Å². The fourth-order valence-corrected chi connectivity index (χ4v) is 6.60. The lowest BCUT2D eigenvalue weighted by atomic mass is 10.0. The summed E-state index contributed by atoms with van der Waals surface area (Å²) < 4.78 is 39.8. The van der Waals surface area contributed by atoms with Gasteiger partial charge in [0.15, 0.2) is 0 Å². The van der Waals surface area contributed by atoms with Crippen LogP contribution in [0.3, 0.4) is 0 Å². The normalized spacial score (nSPS) is 11.6. The molecule has 3 aromatic carbocycles. The van der Waals surface area contributed by atoms with Gasteiger partial charge in [-0.25, -0.2) is 0 Å². The van der Waals surface area contributed by atoms with E-state index in [1.165, 1.54) is 7.11 Å². The number of hydrogen-bond donors (Lipinski definition) is 1. The molecular formula is C50H65N3O12. The van der Waals surface area contributed by atoms with Crippen LogP contribution in [0.2, 0.25) is 0 Å². The first kappa shape index (κ1) is 51.4. The third-order valence-electron chi connectivity index (χ3n) is 9.71. The SMILES string of the molecule is COC(=O)CCc1ccc(OCc2ccc(OC)cc2)c(CN(CCN(CC(=O)OC(C)(C)C)Cc2nc(CCC(=O)O)ccc2OCc2ccc(OC)cc2)CC(=O)OC(C)(C)C)c1. The number of benzene rings is 3. The maximum Gasteiger partial charge on any atom is 0.320 e. The van der Waals surface area contributed by atoms with E-state index in [-0.39, 0.29) is 77.7 Å². The third kappa shape index (κ3) is 19.2. The Morgan fingerprint density at radius 2 is 1.08 bits per heavy atom. The second-order valence-corrected chi connectivity index (χ2v) is 17.5. The Balaban J connectivity index is 1.70. The first-order valence-electron chi connectivity index (χ1n) is 21.6. The van der Waals surface area contributed by atoms with Gasteiger partial charge >= 0.3 is 23.9 Å². The number of hydrogen-bond acceptors (Lipinski definition) is 14. The highest BCUT2D eigenvalue weighted by Gasteiger charge is 2.25. The predicted octanol–water partition coefficient (Wildman–Crippen LogP) is 7.37. The number of esters is 3. The molecule has 4 rings (SSSR count). The highest BCUT2D eigenvalue weighted by Crippen LogP contribution is 2.26. The monoisotopic (exact) mass is 899 g/mol. The van der Waals surface area contributed by atoms with Crippen molar-refractivity contribution in [1.29, 1.82) is 0 Å². The first-order chi connectivity index (χ1) is 30.8. The number of nitrogens with zero attached hydrogens (tertiary/aromatic N) is 3. The lowest BCUT2D eigenvalue weighted by Crippen LogP contribution is -2.42. The van der Waals surface area contributed by atoms with E-state index < -0.39 is 29.1 Å². The molecule has 0 unspecified atom stereocenters. The molecule has 0 aliphatic carbocycles. The number of carbonyl (C=O) groups is 4. The van der Waals surface area contributed by atoms with Crippen molar-refractivity contribution in [3.63, 3.8) is 0 Å². The molecule has 0 radical (unpaired) electrons. The molecule has 0 aliphatic heterocycles. The molecule has 352 valence electrons. The van der Waals surface area contributed by atoms with Crippen molar-refractivity contribution < 1.29 is 57.4 Å². The lowest BCUT2D eigenvalue weighted by Gasteiger charge is -2.29. The molecule has 0 amide bonds. The number of carboxylic acids is 1. The highest BCUT2D eigenvalue weighted by molar-refractivity contribution is 5.73. The van der Waals surface area contributed by atoms with Crippen LogP contribution in [0.15, 0.2) is 78.9 Å². The number of aliphatic carboxylic acids is 1. The Morgan fingerprint density at radius 3 is 1.57 bits per heavy atom. The molecule has 1 aromatic heterocycles. The van der Waals surface area contributed by atoms with Gasteiger partial charge in [0, 0.05) is 50.3 Å². The molecule has 15 heteroatoms. The van der Waals surface area contributed by atoms with Crippen LogP contribution in [-0.4, -0.2) is 102 Å². The van der Waals surface area contributed by atoms with Gasteiger partial charge in [-0.05, 0) is 107 Å². The summed E-state index contributed by atoms with van der Waals surface area (Å²) in [4.78, 5) is 59.4. The Hall–Kier alpha value is -6.19. The van der Waals surface area contributed by atoms with Crippen molar-refractivity contribution in [2.45, 2.75) is 105 Å². The molecule has 15 nitrogen and oxygen atoms in total. The van der Waals surface area contributed by atoms with Crippen LogP contribution in [-0.2, 0) is 72.5 Å². The molecule has 0 spiro atoms. The number of carboxylic acid groups (broad SMARTS) is 1. The quantitative estimate of drug-likeness (QED) is 0.0516. The molecule has 1 N–H and O–H groups in total. The fourth-order valence-electron chi connectivity index (χ4n) is 6.60. The minimum Gasteiger partial charge on any atom is -0.497 e. The van der Waals surface area contributed by atoms with Crippen LogP contribution >= 0.6 is 0 Å². The summed E-state index contributed by atoms with van der Waals surface area (Å²) in [5.74, 6) is 0.285. The van der Waals surface area contributed by atoms with Gasteiger partial charge in [-0.15, -0.1) is 0 Å². The molecular weight excluding hydrogens is 835 g/mol. The van der Waals surface area contributed by atoms with Crippen molar-refractivity contribution in [1.82, 2.24) is 14.8 Å². The number of ether oxygens (including phenoxy) is 7. The Morgan fingerprint density at radius 1 is 0.585 bits per heavy atom. The summed E-state index contributed by atoms with van der Waals surface area (Å²) in [7, 11) is 4.56. The van der Waals surface area contributed by atoms with Crippen LogP contribution in [0, 0.1) is 0 Å². The van der Waals surface area contributed by atoms with E-state index in [0.29, 0.717) is 35.1 Å². The number of pyridine rings is 1. The topological polar surface area (TPSA) is 172 Å². The van der Waals surface area contributed by atoms with Gasteiger partial charge in [0.1, 0.15) is 47.4 Å². The molecule has 65 heavy (non-hydrogen) atoms. The van der Waals surface area contributed by atoms with E-state index in [1.807, 2.05) is 76.5 Å². The van der Waals surface area contributed by atoms with Gasteiger partial charge in [-0.3, -0.25) is 34.0 Å². The summed E-state index contributed by atoms with van der Waals surface area (Å²) >= 11 is 0. The first-order valence-corrected chi connectivity index (χ1v) is 21.6. The second kappa shape index (κ2) is 24.8. The zero-order valence-corrected chi connectivity index (χ0v) is 39.3. The summed E-state index contributed by atoms with van der Waals surface area (Å²) in [6.07, 6.45) is 0.684. The number of methoxy groups -OCH3 is 3. The number of aryl methyl sites for hydroxylation is 2. The van der Waals surface area contributed by atoms with E-state index in [2.05, 4.69) is 0 Å². The molecule has 4 aromatic rings. The molecule has 0 bridgehead atoms. The van der Waals surface area contributed by atoms with Crippen LogP contribution in [0.1, 0.15) is 88.0 Å². The van der Waals surface area contributed by atoms with Crippen molar-refractivity contribution in [2.75, 3.05) is 47.5 Å². The molecule has 0 aliphatic rings. The van der Waals surface area contributed by atoms with Crippen LogP contribution in [0.5, 0.6) is 23.0 Å². The summed E-state index contributed by atoms with van der Waals surface area (Å²) in [5.41, 5.74) is 3.00. The molecule has 0 saturated carbocycles. The Labute approximate surface area is 382 Å². The molecule has 1 heterocycles. The molecule has 0 fully saturated rings. The van der Waals surface area contributed by atoms with Crippen LogP contribution in [0.25, 0.3) is 0 Å². The average molecular weight is 900 g/mol. The summed E-state index contributed by atoms with van der Waals surface area (Å²) in [6.45, 7) is 11.9. The zero-order chi connectivity index (χ0) is 47.6. The highest BCUT2D eigenvalue weighted by atomic mass is 16.6. The smallest absolute Gasteiger partial charge is 0.320 e. The standard InChI is InChI=1S/C50H65N3O12/c1-49(2,3)64-47(57)31-52(29-38-28-35(15-25-46(56)61-9)14-22-43(38)62-33-36-10-18-40(59-7)19-11-36)26-27-53(32-48(58)65-50(4,5)6)30-42-44(23-16-39(51-42)17-24-45(54)55)63-34-37-12-20-41(60-8)21-13-37/h10-14,16,18-23,28H,15,17,24-27,29-34H2,1-9H3,(H,54,55). The van der Waals surface area contributed by atoms with Gasteiger partial charge in [-0.1, -0.05) is 36.4 Å². The van der Waals surface area contributed by atoms with Gasteiger partial charge in [0.05, 0.1) is 46.5 Å². The number of aromatic nitrogens is 1. The van der Waals surface area contributed by atoms with Gasteiger partial charge in [0.25, 0.3) is 0 Å². The Kier molecular flexibility index (Phi) is 19.6. The largest absolute Gasteiger partial charge is 0.497 e. The van der Waals surface area contributed by atoms with Crippen LogP contribution < -0.4 is 18.9 Å². The number of rotatable bonds is 25. The molecule has 0 atom stereocenters. The van der Waals surface area contributed by atoms with Crippen LogP contribution in [0.4, 0.5) is 0 Å². The maximum atomic E-state index is 13.6. The van der Waals surface area contributed by atoms with E-state index in [9.17, 15) is 24.3 Å². The van der Waals surface area contributed by atoms with Gasteiger partial charge < -0.3 is 38.3 Å². The van der Waals surface area contributed by atoms with E-state index >= 15 is 0 Å². The van der Waals surface area contributed by atoms with Crippen molar-refractivity contribution in [2.24, 2.45) is 0 Å². The summed E-state index contributed by atoms with van der Waals surface area (Å²) in [6, 6.07) is 24.3. The Bertz CT molecular complexity index is 2160. The molecule has 0 saturated heterocycles. The van der Waals surface area contributed by atoms with E-state index in [0.717, 1.165) is 28.0 Å².